The molecule has 5 nitrogen and oxygen atoms in total. The molecule has 1 aromatic heterocycles. The number of aromatic nitrogens is 3. The second kappa shape index (κ2) is 5.62. The molecule has 1 unspecified atom stereocenters. The van der Waals surface area contributed by atoms with Crippen LogP contribution < -0.4 is 0 Å². The molecule has 106 valence electrons. The standard InChI is InChI=1S/C13H14FN3O2S/c1-8-4-10(5-9(2)12(8)14)11(18)6-17-7-15-16-13(17)20(3)19/h4-5,7H,6H2,1-3H3. The lowest BCUT2D eigenvalue weighted by atomic mass is 10.0. The third-order valence-electron chi connectivity index (χ3n) is 2.91. The topological polar surface area (TPSA) is 64.8 Å². The van der Waals surface area contributed by atoms with E-state index in [1.54, 1.807) is 13.8 Å². The Morgan fingerprint density at radius 3 is 2.50 bits per heavy atom. The van der Waals surface area contributed by atoms with Crippen LogP contribution in [0, 0.1) is 19.7 Å². The Labute approximate surface area is 118 Å². The van der Waals surface area contributed by atoms with Gasteiger partial charge in [0.05, 0.1) is 17.3 Å². The van der Waals surface area contributed by atoms with Gasteiger partial charge in [0.2, 0.25) is 5.16 Å². The first-order valence-electron chi connectivity index (χ1n) is 5.91. The molecule has 0 aliphatic heterocycles. The molecular formula is C13H14FN3O2S. The number of carbonyl (C=O) groups is 1. The van der Waals surface area contributed by atoms with Gasteiger partial charge < -0.3 is 0 Å². The van der Waals surface area contributed by atoms with E-state index in [-0.39, 0.29) is 23.3 Å². The van der Waals surface area contributed by atoms with Crippen molar-refractivity contribution < 1.29 is 13.4 Å². The Morgan fingerprint density at radius 2 is 1.95 bits per heavy atom. The van der Waals surface area contributed by atoms with Gasteiger partial charge in [0.15, 0.2) is 5.78 Å². The van der Waals surface area contributed by atoms with Crippen LogP contribution in [0.4, 0.5) is 4.39 Å². The van der Waals surface area contributed by atoms with Crippen LogP contribution in [-0.2, 0) is 17.3 Å². The summed E-state index contributed by atoms with van der Waals surface area (Å²) in [4.78, 5) is 12.2. The molecule has 2 rings (SSSR count). The molecule has 1 heterocycles. The van der Waals surface area contributed by atoms with E-state index in [0.717, 1.165) is 0 Å². The first-order valence-corrected chi connectivity index (χ1v) is 7.47. The number of halogens is 1. The zero-order valence-electron chi connectivity index (χ0n) is 11.4. The SMILES string of the molecule is Cc1cc(C(=O)Cn2cnnc2S(C)=O)cc(C)c1F. The van der Waals surface area contributed by atoms with E-state index in [0.29, 0.717) is 16.7 Å². The fraction of sp³-hybridized carbons (Fsp3) is 0.308. The fourth-order valence-electron chi connectivity index (χ4n) is 1.93. The van der Waals surface area contributed by atoms with Gasteiger partial charge in [-0.05, 0) is 37.1 Å². The number of carbonyl (C=O) groups excluding carboxylic acids is 1. The van der Waals surface area contributed by atoms with E-state index in [9.17, 15) is 13.4 Å². The minimum atomic E-state index is -1.32. The molecule has 2 aromatic rings. The van der Waals surface area contributed by atoms with Crippen molar-refractivity contribution in [3.63, 3.8) is 0 Å². The molecule has 0 saturated heterocycles. The van der Waals surface area contributed by atoms with E-state index < -0.39 is 10.8 Å². The number of rotatable bonds is 4. The summed E-state index contributed by atoms with van der Waals surface area (Å²) in [5, 5.41) is 7.60. The van der Waals surface area contributed by atoms with Crippen molar-refractivity contribution >= 4 is 16.6 Å². The van der Waals surface area contributed by atoms with Crippen molar-refractivity contribution in [2.24, 2.45) is 0 Å². The summed E-state index contributed by atoms with van der Waals surface area (Å²) in [6.07, 6.45) is 2.83. The maximum absolute atomic E-state index is 13.5. The zero-order chi connectivity index (χ0) is 14.9. The minimum absolute atomic E-state index is 0.0214. The van der Waals surface area contributed by atoms with E-state index in [2.05, 4.69) is 10.2 Å². The van der Waals surface area contributed by atoms with Crippen LogP contribution in [0.3, 0.4) is 0 Å². The van der Waals surface area contributed by atoms with Crippen LogP contribution >= 0.6 is 0 Å². The van der Waals surface area contributed by atoms with Crippen molar-refractivity contribution in [3.05, 3.63) is 41.0 Å². The van der Waals surface area contributed by atoms with Crippen LogP contribution in [0.1, 0.15) is 21.5 Å². The van der Waals surface area contributed by atoms with Crippen LogP contribution in [0.2, 0.25) is 0 Å². The van der Waals surface area contributed by atoms with Gasteiger partial charge in [0.1, 0.15) is 12.1 Å². The molecule has 0 amide bonds. The van der Waals surface area contributed by atoms with Gasteiger partial charge in [0.25, 0.3) is 0 Å². The van der Waals surface area contributed by atoms with Gasteiger partial charge in [-0.2, -0.15) is 0 Å². The summed E-state index contributed by atoms with van der Waals surface area (Å²) in [7, 11) is -1.32. The van der Waals surface area contributed by atoms with Crippen molar-refractivity contribution in [1.82, 2.24) is 14.8 Å². The average Bonchev–Trinajstić information content (AvgIpc) is 2.83. The number of Topliss-reactive ketones (excluding diaryl/α,β-unsaturated/α-hetero) is 1. The lowest BCUT2D eigenvalue weighted by Crippen LogP contribution is -2.13. The van der Waals surface area contributed by atoms with Crippen molar-refractivity contribution in [3.8, 4) is 0 Å². The summed E-state index contributed by atoms with van der Waals surface area (Å²) >= 11 is 0. The third kappa shape index (κ3) is 2.82. The molecule has 0 aliphatic carbocycles. The highest BCUT2D eigenvalue weighted by Gasteiger charge is 2.15. The van der Waals surface area contributed by atoms with Crippen LogP contribution in [0.5, 0.6) is 0 Å². The molecule has 0 radical (unpaired) electrons. The quantitative estimate of drug-likeness (QED) is 0.805. The van der Waals surface area contributed by atoms with Crippen molar-refractivity contribution in [2.75, 3.05) is 6.26 Å². The number of hydrogen-bond donors (Lipinski definition) is 0. The van der Waals surface area contributed by atoms with Gasteiger partial charge in [-0.25, -0.2) is 4.39 Å². The Hall–Kier alpha value is -1.89. The highest BCUT2D eigenvalue weighted by atomic mass is 32.2. The molecule has 1 atom stereocenters. The third-order valence-corrected chi connectivity index (χ3v) is 3.74. The highest BCUT2D eigenvalue weighted by molar-refractivity contribution is 7.84. The Morgan fingerprint density at radius 1 is 1.35 bits per heavy atom. The highest BCUT2D eigenvalue weighted by Crippen LogP contribution is 2.16. The van der Waals surface area contributed by atoms with E-state index in [4.69, 9.17) is 0 Å². The van der Waals surface area contributed by atoms with Crippen molar-refractivity contribution in [2.45, 2.75) is 25.5 Å². The Bertz CT molecular complexity index is 674. The van der Waals surface area contributed by atoms with Gasteiger partial charge in [0, 0.05) is 11.8 Å². The van der Waals surface area contributed by atoms with Crippen molar-refractivity contribution in [1.29, 1.82) is 0 Å². The summed E-state index contributed by atoms with van der Waals surface area (Å²) in [5.41, 5.74) is 1.27. The fourth-order valence-corrected chi connectivity index (χ4v) is 2.53. The monoisotopic (exact) mass is 295 g/mol. The average molecular weight is 295 g/mol. The summed E-state index contributed by atoms with van der Waals surface area (Å²) < 4.78 is 26.4. The van der Waals surface area contributed by atoms with Crippen LogP contribution in [0.25, 0.3) is 0 Å². The number of aryl methyl sites for hydroxylation is 2. The molecule has 0 bridgehead atoms. The molecule has 7 heteroatoms. The minimum Gasteiger partial charge on any atom is -0.299 e. The second-order valence-corrected chi connectivity index (χ2v) is 5.82. The summed E-state index contributed by atoms with van der Waals surface area (Å²) in [5.74, 6) is -0.510. The molecule has 20 heavy (non-hydrogen) atoms. The largest absolute Gasteiger partial charge is 0.299 e. The molecular weight excluding hydrogens is 281 g/mol. The lowest BCUT2D eigenvalue weighted by Gasteiger charge is -2.07. The van der Waals surface area contributed by atoms with Gasteiger partial charge in [-0.15, -0.1) is 10.2 Å². The summed E-state index contributed by atoms with van der Waals surface area (Å²) in [6.45, 7) is 3.21. The second-order valence-electron chi connectivity index (χ2n) is 4.54. The molecule has 0 fully saturated rings. The predicted octanol–water partition coefficient (Wildman–Crippen LogP) is 1.65. The number of hydrogen-bond acceptors (Lipinski definition) is 4. The summed E-state index contributed by atoms with van der Waals surface area (Å²) in [6, 6.07) is 3.02. The van der Waals surface area contributed by atoms with Gasteiger partial charge in [-0.1, -0.05) is 0 Å². The van der Waals surface area contributed by atoms with Crippen LogP contribution in [0.15, 0.2) is 23.6 Å². The molecule has 1 aromatic carbocycles. The molecule has 0 saturated carbocycles. The first kappa shape index (κ1) is 14.5. The zero-order valence-corrected chi connectivity index (χ0v) is 12.2. The predicted molar refractivity (Wildman–Crippen MR) is 72.6 cm³/mol. The van der Waals surface area contributed by atoms with Crippen LogP contribution in [-0.4, -0.2) is 31.0 Å². The Kier molecular flexibility index (Phi) is 4.08. The van der Waals surface area contributed by atoms with E-state index in [1.807, 2.05) is 0 Å². The van der Waals surface area contributed by atoms with E-state index >= 15 is 0 Å². The lowest BCUT2D eigenvalue weighted by molar-refractivity contribution is 0.0968. The number of ketones is 1. The van der Waals surface area contributed by atoms with E-state index in [1.165, 1.54) is 29.3 Å². The number of nitrogens with zero attached hydrogens (tertiary/aromatic N) is 3. The molecule has 0 spiro atoms. The maximum Gasteiger partial charge on any atom is 0.221 e. The first-order chi connectivity index (χ1) is 9.40. The smallest absolute Gasteiger partial charge is 0.221 e. The Balaban J connectivity index is 2.29. The normalized spacial score (nSPS) is 12.4. The molecule has 0 N–H and O–H groups in total. The van der Waals surface area contributed by atoms with Gasteiger partial charge in [-0.3, -0.25) is 13.6 Å². The number of benzene rings is 1. The maximum atomic E-state index is 13.5. The van der Waals surface area contributed by atoms with Gasteiger partial charge >= 0.3 is 0 Å². The molecule has 0 aliphatic rings.